The van der Waals surface area contributed by atoms with Crippen LogP contribution < -0.4 is 0 Å². The summed E-state index contributed by atoms with van der Waals surface area (Å²) in [6.45, 7) is 14.1. The maximum Gasteiger partial charge on any atom is 0.472 e. The molecule has 0 heterocycles. The molecule has 0 saturated heterocycles. The summed E-state index contributed by atoms with van der Waals surface area (Å²) in [7, 11) is -9.91. The van der Waals surface area contributed by atoms with Gasteiger partial charge in [0.25, 0.3) is 0 Å². The highest BCUT2D eigenvalue weighted by molar-refractivity contribution is 7.47. The second-order valence-electron chi connectivity index (χ2n) is 28.4. The van der Waals surface area contributed by atoms with Crippen LogP contribution in [0, 0.1) is 23.7 Å². The van der Waals surface area contributed by atoms with Crippen molar-refractivity contribution in [3.05, 3.63) is 0 Å². The molecule has 3 N–H and O–H groups in total. The fourth-order valence-corrected chi connectivity index (χ4v) is 12.7. The fourth-order valence-electron chi connectivity index (χ4n) is 11.2. The second-order valence-corrected chi connectivity index (χ2v) is 31.3. The Balaban J connectivity index is 5.20. The van der Waals surface area contributed by atoms with Gasteiger partial charge in [-0.25, -0.2) is 9.13 Å². The van der Waals surface area contributed by atoms with Crippen LogP contribution in [0.2, 0.25) is 0 Å². The van der Waals surface area contributed by atoms with Gasteiger partial charge in [-0.2, -0.15) is 0 Å². The zero-order valence-electron chi connectivity index (χ0n) is 60.9. The van der Waals surface area contributed by atoms with Crippen molar-refractivity contribution in [2.75, 3.05) is 39.6 Å². The van der Waals surface area contributed by atoms with Crippen molar-refractivity contribution < 1.29 is 80.2 Å². The van der Waals surface area contributed by atoms with E-state index < -0.39 is 97.5 Å². The molecule has 6 atom stereocenters. The lowest BCUT2D eigenvalue weighted by Crippen LogP contribution is -2.30. The zero-order chi connectivity index (χ0) is 68.9. The van der Waals surface area contributed by atoms with E-state index in [1.165, 1.54) is 161 Å². The predicted molar refractivity (Wildman–Crippen MR) is 377 cm³/mol. The van der Waals surface area contributed by atoms with E-state index in [-0.39, 0.29) is 25.7 Å². The average Bonchev–Trinajstić information content (AvgIpc) is 3.66. The number of aliphatic hydroxyl groups excluding tert-OH is 1. The van der Waals surface area contributed by atoms with E-state index in [1.807, 2.05) is 0 Å². The molecule has 552 valence electrons. The first-order valence-electron chi connectivity index (χ1n) is 38.2. The first kappa shape index (κ1) is 91.1. The lowest BCUT2D eigenvalue weighted by atomic mass is 9.99. The number of hydrogen-bond donors (Lipinski definition) is 3. The van der Waals surface area contributed by atoms with Gasteiger partial charge in [-0.3, -0.25) is 37.3 Å². The average molecular weight is 1370 g/mol. The Bertz CT molecular complexity index is 1840. The van der Waals surface area contributed by atoms with Gasteiger partial charge in [-0.1, -0.05) is 319 Å². The summed E-state index contributed by atoms with van der Waals surface area (Å²) in [6.07, 6.45) is 47.4. The number of unbranched alkanes of at least 4 members (excludes halogenated alkanes) is 36. The molecule has 0 bridgehead atoms. The van der Waals surface area contributed by atoms with Gasteiger partial charge in [0.15, 0.2) is 12.2 Å². The van der Waals surface area contributed by atoms with Crippen molar-refractivity contribution in [1.29, 1.82) is 0 Å². The molecule has 0 spiro atoms. The minimum Gasteiger partial charge on any atom is -0.462 e. The minimum atomic E-state index is -4.95. The monoisotopic (exact) mass is 1370 g/mol. The van der Waals surface area contributed by atoms with Crippen LogP contribution >= 0.6 is 15.6 Å². The fraction of sp³-hybridized carbons (Fsp3) is 0.946. The molecule has 0 rings (SSSR count). The molecular formula is C74H144O17P2. The molecule has 0 fully saturated rings. The molecule has 4 unspecified atom stereocenters. The molecule has 0 aliphatic carbocycles. The van der Waals surface area contributed by atoms with Gasteiger partial charge in [0.05, 0.1) is 26.4 Å². The number of phosphoric ester groups is 2. The number of carbonyl (C=O) groups excluding carboxylic acids is 4. The Morgan fingerprint density at radius 3 is 0.763 bits per heavy atom. The summed E-state index contributed by atoms with van der Waals surface area (Å²) in [5.74, 6) is 0.890. The number of hydrogen-bond acceptors (Lipinski definition) is 15. The third-order valence-corrected chi connectivity index (χ3v) is 19.3. The van der Waals surface area contributed by atoms with Crippen LogP contribution in [0.4, 0.5) is 0 Å². The Labute approximate surface area is 568 Å². The quantitative estimate of drug-likeness (QED) is 0.0222. The van der Waals surface area contributed by atoms with E-state index in [2.05, 4.69) is 55.4 Å². The lowest BCUT2D eigenvalue weighted by molar-refractivity contribution is -0.161. The molecule has 0 aromatic carbocycles. The van der Waals surface area contributed by atoms with Gasteiger partial charge in [0, 0.05) is 25.7 Å². The van der Waals surface area contributed by atoms with Crippen LogP contribution in [0.15, 0.2) is 0 Å². The van der Waals surface area contributed by atoms with E-state index in [9.17, 15) is 43.2 Å². The van der Waals surface area contributed by atoms with Crippen molar-refractivity contribution in [1.82, 2.24) is 0 Å². The number of rotatable bonds is 71. The van der Waals surface area contributed by atoms with Crippen LogP contribution in [0.3, 0.4) is 0 Å². The van der Waals surface area contributed by atoms with Gasteiger partial charge in [-0.15, -0.1) is 0 Å². The first-order chi connectivity index (χ1) is 44.6. The Morgan fingerprint density at radius 2 is 0.516 bits per heavy atom. The van der Waals surface area contributed by atoms with Crippen molar-refractivity contribution >= 4 is 39.5 Å². The summed E-state index contributed by atoms with van der Waals surface area (Å²) < 4.78 is 68.4. The standard InChI is InChI=1S/C74H144O17P2/c1-9-67(8)53-45-37-28-22-18-14-10-11-15-19-23-29-40-48-56-73(78)90-69(60-84-71(76)54-46-38-31-25-27-35-43-51-65(4)5)62-88-92(80,81)86-58-68(75)59-87-93(82,83)89-63-70(61-85-72(77)55-47-39-33-32-36-44-52-66(6)7)91-74(79)57-49-41-30-24-20-16-12-13-17-21-26-34-42-50-64(2)3/h64-70,75H,9-63H2,1-8H3,(H,80,81)(H,82,83)/t67?,68?,69-,70-/m1/s1. The summed E-state index contributed by atoms with van der Waals surface area (Å²) >= 11 is 0. The molecular weight excluding hydrogens is 1220 g/mol. The van der Waals surface area contributed by atoms with Crippen LogP contribution in [-0.4, -0.2) is 96.7 Å². The molecule has 0 aliphatic rings. The minimum absolute atomic E-state index is 0.106. The number of esters is 4. The highest BCUT2D eigenvalue weighted by atomic mass is 31.2. The summed E-state index contributed by atoms with van der Waals surface area (Å²) in [5.41, 5.74) is 0. The maximum atomic E-state index is 13.0. The van der Waals surface area contributed by atoms with Gasteiger partial charge in [0.2, 0.25) is 0 Å². The normalized spacial score (nSPS) is 14.5. The smallest absolute Gasteiger partial charge is 0.462 e. The topological polar surface area (TPSA) is 237 Å². The third-order valence-electron chi connectivity index (χ3n) is 17.4. The van der Waals surface area contributed by atoms with Crippen molar-refractivity contribution in [3.8, 4) is 0 Å². The van der Waals surface area contributed by atoms with E-state index in [1.54, 1.807) is 0 Å². The molecule has 0 aromatic heterocycles. The highest BCUT2D eigenvalue weighted by Crippen LogP contribution is 2.45. The van der Waals surface area contributed by atoms with Gasteiger partial charge < -0.3 is 33.8 Å². The van der Waals surface area contributed by atoms with Gasteiger partial charge >= 0.3 is 39.5 Å². The SMILES string of the molecule is CCC(C)CCCCCCCCCCCCCCCCC(=O)O[C@H](COC(=O)CCCCCCCCCC(C)C)COP(=O)(O)OCC(O)COP(=O)(O)OC[C@@H](COC(=O)CCCCCCCCC(C)C)OC(=O)CCCCCCCCCCCCCCCC(C)C. The van der Waals surface area contributed by atoms with Crippen LogP contribution in [0.5, 0.6) is 0 Å². The molecule has 0 radical (unpaired) electrons. The van der Waals surface area contributed by atoms with Crippen molar-refractivity contribution in [2.45, 2.75) is 388 Å². The summed E-state index contributed by atoms with van der Waals surface area (Å²) in [5, 5.41) is 10.6. The first-order valence-corrected chi connectivity index (χ1v) is 41.2. The molecule has 17 nitrogen and oxygen atoms in total. The van der Waals surface area contributed by atoms with E-state index in [0.717, 1.165) is 115 Å². The van der Waals surface area contributed by atoms with Gasteiger partial charge in [-0.05, 0) is 49.4 Å². The van der Waals surface area contributed by atoms with E-state index in [4.69, 9.17) is 37.0 Å². The number of carbonyl (C=O) groups is 4. The zero-order valence-corrected chi connectivity index (χ0v) is 62.7. The Morgan fingerprint density at radius 1 is 0.301 bits per heavy atom. The number of aliphatic hydroxyl groups is 1. The Kier molecular flexibility index (Phi) is 62.2. The van der Waals surface area contributed by atoms with Crippen molar-refractivity contribution in [3.63, 3.8) is 0 Å². The summed E-state index contributed by atoms with van der Waals surface area (Å²) in [6, 6.07) is 0. The molecule has 0 saturated carbocycles. The predicted octanol–water partition coefficient (Wildman–Crippen LogP) is 21.3. The van der Waals surface area contributed by atoms with Crippen molar-refractivity contribution in [2.24, 2.45) is 23.7 Å². The van der Waals surface area contributed by atoms with E-state index in [0.29, 0.717) is 37.5 Å². The van der Waals surface area contributed by atoms with E-state index >= 15 is 0 Å². The van der Waals surface area contributed by atoms with Crippen LogP contribution in [-0.2, 0) is 65.4 Å². The van der Waals surface area contributed by atoms with Crippen LogP contribution in [0.25, 0.3) is 0 Å². The molecule has 0 aromatic rings. The third kappa shape index (κ3) is 67.0. The number of ether oxygens (including phenoxy) is 4. The molecule has 0 amide bonds. The lowest BCUT2D eigenvalue weighted by Gasteiger charge is -2.21. The molecule has 93 heavy (non-hydrogen) atoms. The second kappa shape index (κ2) is 63.5. The Hall–Kier alpha value is -1.94. The molecule has 19 heteroatoms. The highest BCUT2D eigenvalue weighted by Gasteiger charge is 2.30. The van der Waals surface area contributed by atoms with Gasteiger partial charge in [0.1, 0.15) is 19.3 Å². The maximum absolute atomic E-state index is 13.0. The molecule has 0 aliphatic heterocycles. The largest absolute Gasteiger partial charge is 0.472 e. The number of phosphoric acid groups is 2. The van der Waals surface area contributed by atoms with Crippen LogP contribution in [0.1, 0.15) is 370 Å². The summed E-state index contributed by atoms with van der Waals surface area (Å²) in [4.78, 5) is 72.6.